The van der Waals surface area contributed by atoms with Gasteiger partial charge in [0.1, 0.15) is 17.9 Å². The van der Waals surface area contributed by atoms with Crippen LogP contribution in [0.3, 0.4) is 0 Å². The highest BCUT2D eigenvalue weighted by Crippen LogP contribution is 2.32. The lowest BCUT2D eigenvalue weighted by atomic mass is 10.1. The van der Waals surface area contributed by atoms with Crippen LogP contribution in [0.2, 0.25) is 0 Å². The maximum Gasteiger partial charge on any atom is 0.143 e. The zero-order valence-electron chi connectivity index (χ0n) is 10.8. The Morgan fingerprint density at radius 1 is 1.10 bits per heavy atom. The Labute approximate surface area is 116 Å². The van der Waals surface area contributed by atoms with Crippen molar-refractivity contribution in [2.24, 2.45) is 0 Å². The van der Waals surface area contributed by atoms with Crippen molar-refractivity contribution in [3.8, 4) is 17.9 Å². The Morgan fingerprint density at radius 3 is 2.50 bits per heavy atom. The number of methoxy groups -OCH3 is 1. The van der Waals surface area contributed by atoms with Gasteiger partial charge in [-0.15, -0.1) is 0 Å². The minimum Gasteiger partial charge on any atom is -0.495 e. The quantitative estimate of drug-likeness (QED) is 0.831. The van der Waals surface area contributed by atoms with Crippen LogP contribution in [-0.2, 0) is 0 Å². The summed E-state index contributed by atoms with van der Waals surface area (Å²) in [5.41, 5.74) is 8.10. The number of benzene rings is 2. The lowest BCUT2D eigenvalue weighted by Crippen LogP contribution is -2.00. The first-order chi connectivity index (χ1) is 9.69. The van der Waals surface area contributed by atoms with Crippen molar-refractivity contribution < 1.29 is 4.74 Å². The third-order valence-corrected chi connectivity index (χ3v) is 2.79. The fourth-order valence-corrected chi connectivity index (χ4v) is 1.82. The molecule has 0 fully saturated rings. The van der Waals surface area contributed by atoms with Crippen molar-refractivity contribution in [3.05, 3.63) is 47.5 Å². The molecule has 0 radical (unpaired) electrons. The highest BCUT2D eigenvalue weighted by molar-refractivity contribution is 5.76. The summed E-state index contributed by atoms with van der Waals surface area (Å²) in [5.74, 6) is 0.532. The average molecular weight is 264 g/mol. The normalized spacial score (nSPS) is 9.35. The first-order valence-corrected chi connectivity index (χ1v) is 5.83. The Morgan fingerprint density at radius 2 is 1.85 bits per heavy atom. The van der Waals surface area contributed by atoms with Gasteiger partial charge in [-0.05, 0) is 30.3 Å². The van der Waals surface area contributed by atoms with Crippen molar-refractivity contribution in [1.82, 2.24) is 0 Å². The molecule has 5 nitrogen and oxygen atoms in total. The second-order valence-corrected chi connectivity index (χ2v) is 4.04. The summed E-state index contributed by atoms with van der Waals surface area (Å²) in [6.07, 6.45) is 0. The summed E-state index contributed by atoms with van der Waals surface area (Å²) in [7, 11) is 1.52. The maximum absolute atomic E-state index is 9.16. The van der Waals surface area contributed by atoms with Gasteiger partial charge in [0.15, 0.2) is 0 Å². The summed E-state index contributed by atoms with van der Waals surface area (Å²) >= 11 is 0. The summed E-state index contributed by atoms with van der Waals surface area (Å²) in [6, 6.07) is 14.3. The molecule has 2 aromatic carbocycles. The van der Waals surface area contributed by atoms with Gasteiger partial charge < -0.3 is 15.8 Å². The first kappa shape index (κ1) is 13.3. The zero-order valence-corrected chi connectivity index (χ0v) is 10.8. The number of nitrogens with zero attached hydrogens (tertiary/aromatic N) is 2. The number of nitriles is 2. The molecule has 0 heterocycles. The number of nitrogen functional groups attached to an aromatic ring is 1. The highest BCUT2D eigenvalue weighted by Gasteiger charge is 2.11. The number of nitrogens with two attached hydrogens (primary N) is 1. The van der Waals surface area contributed by atoms with Crippen molar-refractivity contribution in [2.45, 2.75) is 0 Å². The molecule has 2 aromatic rings. The maximum atomic E-state index is 9.16. The number of para-hydroxylation sites is 1. The molecule has 3 N–H and O–H groups in total. The average Bonchev–Trinajstić information content (AvgIpc) is 2.49. The van der Waals surface area contributed by atoms with Crippen molar-refractivity contribution in [3.63, 3.8) is 0 Å². The Balaban J connectivity index is 2.51. The SMILES string of the molecule is COc1cccc(C#N)c1Nc1ccc(N)cc1C#N. The van der Waals surface area contributed by atoms with Gasteiger partial charge in [-0.25, -0.2) is 0 Å². The molecule has 0 unspecified atom stereocenters. The third kappa shape index (κ3) is 2.47. The molecule has 0 amide bonds. The minimum atomic E-state index is 0.403. The lowest BCUT2D eigenvalue weighted by Gasteiger charge is -2.13. The smallest absolute Gasteiger partial charge is 0.143 e. The van der Waals surface area contributed by atoms with E-state index in [9.17, 15) is 0 Å². The standard InChI is InChI=1S/C15H12N4O/c1-20-14-4-2-3-10(8-16)15(14)19-13-6-5-12(18)7-11(13)9-17/h2-7,19H,18H2,1H3. The molecule has 0 saturated heterocycles. The largest absolute Gasteiger partial charge is 0.495 e. The van der Waals surface area contributed by atoms with E-state index in [0.717, 1.165) is 0 Å². The first-order valence-electron chi connectivity index (χ1n) is 5.83. The topological polar surface area (TPSA) is 94.9 Å². The number of nitrogens with one attached hydrogen (secondary N) is 1. The van der Waals surface area contributed by atoms with Gasteiger partial charge in [-0.3, -0.25) is 0 Å². The number of anilines is 3. The Hall–Kier alpha value is -3.18. The Kier molecular flexibility index (Phi) is 3.74. The van der Waals surface area contributed by atoms with E-state index in [1.807, 2.05) is 0 Å². The second-order valence-electron chi connectivity index (χ2n) is 4.04. The molecule has 0 aliphatic heterocycles. The van der Waals surface area contributed by atoms with Crippen LogP contribution in [0.5, 0.6) is 5.75 Å². The molecule has 0 aliphatic carbocycles. The molecular formula is C15H12N4O. The molecule has 2 rings (SSSR count). The van der Waals surface area contributed by atoms with Gasteiger partial charge in [-0.1, -0.05) is 6.07 Å². The predicted octanol–water partition coefficient (Wildman–Crippen LogP) is 2.76. The number of hydrogen-bond acceptors (Lipinski definition) is 5. The highest BCUT2D eigenvalue weighted by atomic mass is 16.5. The van der Waals surface area contributed by atoms with E-state index in [-0.39, 0.29) is 0 Å². The van der Waals surface area contributed by atoms with E-state index in [2.05, 4.69) is 17.5 Å². The number of hydrogen-bond donors (Lipinski definition) is 2. The van der Waals surface area contributed by atoms with Crippen LogP contribution in [-0.4, -0.2) is 7.11 Å². The molecule has 0 atom stereocenters. The van der Waals surface area contributed by atoms with E-state index in [1.165, 1.54) is 7.11 Å². The summed E-state index contributed by atoms with van der Waals surface area (Å²) < 4.78 is 5.24. The molecule has 0 spiro atoms. The molecule has 5 heteroatoms. The molecule has 0 aromatic heterocycles. The molecule has 20 heavy (non-hydrogen) atoms. The number of rotatable bonds is 3. The minimum absolute atomic E-state index is 0.403. The molecule has 0 saturated carbocycles. The van der Waals surface area contributed by atoms with Gasteiger partial charge in [0.2, 0.25) is 0 Å². The van der Waals surface area contributed by atoms with Crippen LogP contribution < -0.4 is 15.8 Å². The van der Waals surface area contributed by atoms with E-state index >= 15 is 0 Å². The summed E-state index contributed by atoms with van der Waals surface area (Å²) in [4.78, 5) is 0. The van der Waals surface area contributed by atoms with Crippen molar-refractivity contribution in [1.29, 1.82) is 10.5 Å². The Bertz CT molecular complexity index is 726. The second kappa shape index (κ2) is 5.64. The van der Waals surface area contributed by atoms with Crippen LogP contribution in [0.1, 0.15) is 11.1 Å². The van der Waals surface area contributed by atoms with Crippen LogP contribution in [0.15, 0.2) is 36.4 Å². The number of ether oxygens (including phenoxy) is 1. The van der Waals surface area contributed by atoms with Crippen LogP contribution >= 0.6 is 0 Å². The van der Waals surface area contributed by atoms with Gasteiger partial charge in [0.05, 0.1) is 29.6 Å². The molecule has 0 aliphatic rings. The molecular weight excluding hydrogens is 252 g/mol. The van der Waals surface area contributed by atoms with Gasteiger partial charge >= 0.3 is 0 Å². The molecule has 0 bridgehead atoms. The summed E-state index contributed by atoms with van der Waals surface area (Å²) in [5, 5.41) is 21.4. The van der Waals surface area contributed by atoms with E-state index < -0.39 is 0 Å². The van der Waals surface area contributed by atoms with Crippen LogP contribution in [0.4, 0.5) is 17.1 Å². The van der Waals surface area contributed by atoms with Gasteiger partial charge in [0.25, 0.3) is 0 Å². The molecule has 98 valence electrons. The predicted molar refractivity (Wildman–Crippen MR) is 76.6 cm³/mol. The van der Waals surface area contributed by atoms with Crippen LogP contribution in [0.25, 0.3) is 0 Å². The summed E-state index contributed by atoms with van der Waals surface area (Å²) in [6.45, 7) is 0. The monoisotopic (exact) mass is 264 g/mol. The third-order valence-electron chi connectivity index (χ3n) is 2.79. The zero-order chi connectivity index (χ0) is 14.5. The fourth-order valence-electron chi connectivity index (χ4n) is 1.82. The van der Waals surface area contributed by atoms with Crippen molar-refractivity contribution in [2.75, 3.05) is 18.2 Å². The lowest BCUT2D eigenvalue weighted by molar-refractivity contribution is 0.416. The fraction of sp³-hybridized carbons (Fsp3) is 0.0667. The van der Waals surface area contributed by atoms with Crippen molar-refractivity contribution >= 4 is 17.1 Å². The van der Waals surface area contributed by atoms with E-state index in [0.29, 0.717) is 33.9 Å². The van der Waals surface area contributed by atoms with E-state index in [4.69, 9.17) is 21.0 Å². The van der Waals surface area contributed by atoms with Gasteiger partial charge in [0, 0.05) is 5.69 Å². The van der Waals surface area contributed by atoms with E-state index in [1.54, 1.807) is 36.4 Å². The van der Waals surface area contributed by atoms with Gasteiger partial charge in [-0.2, -0.15) is 10.5 Å². The van der Waals surface area contributed by atoms with Crippen LogP contribution in [0, 0.1) is 22.7 Å².